The second kappa shape index (κ2) is 5.04. The monoisotopic (exact) mass is 274 g/mol. The molecule has 104 valence electrons. The summed E-state index contributed by atoms with van der Waals surface area (Å²) in [6, 6.07) is 4.29. The number of carboxylic acid groups (broad SMARTS) is 1. The summed E-state index contributed by atoms with van der Waals surface area (Å²) < 4.78 is 1.52. The number of nitrogens with two attached hydrogens (primary N) is 1. The number of anilines is 2. The van der Waals surface area contributed by atoms with E-state index >= 15 is 0 Å². The Kier molecular flexibility index (Phi) is 3.43. The Labute approximate surface area is 115 Å². The molecular weight excluding hydrogens is 260 g/mol. The van der Waals surface area contributed by atoms with Crippen LogP contribution in [0, 0.1) is 6.92 Å². The molecule has 0 unspecified atom stereocenters. The van der Waals surface area contributed by atoms with Crippen molar-refractivity contribution in [2.75, 3.05) is 11.1 Å². The molecule has 0 bridgehead atoms. The summed E-state index contributed by atoms with van der Waals surface area (Å²) in [5.74, 6) is -1.57. The quantitative estimate of drug-likeness (QED) is 0.730. The number of aromatic carboxylic acids is 1. The van der Waals surface area contributed by atoms with Gasteiger partial charge in [0.1, 0.15) is 0 Å². The fraction of sp³-hybridized carbons (Fsp3) is 0.154. The van der Waals surface area contributed by atoms with E-state index in [2.05, 4.69) is 10.4 Å². The number of nitrogens with zero attached hydrogens (tertiary/aromatic N) is 2. The van der Waals surface area contributed by atoms with Crippen LogP contribution in [0.4, 0.5) is 11.4 Å². The molecule has 0 aliphatic carbocycles. The van der Waals surface area contributed by atoms with Crippen LogP contribution in [0.25, 0.3) is 0 Å². The van der Waals surface area contributed by atoms with E-state index in [1.54, 1.807) is 20.2 Å². The number of aryl methyl sites for hydroxylation is 2. The zero-order valence-electron chi connectivity index (χ0n) is 11.0. The van der Waals surface area contributed by atoms with Gasteiger partial charge in [0.25, 0.3) is 5.91 Å². The van der Waals surface area contributed by atoms with Gasteiger partial charge >= 0.3 is 5.97 Å². The molecule has 0 fully saturated rings. The van der Waals surface area contributed by atoms with Crippen molar-refractivity contribution >= 4 is 23.3 Å². The van der Waals surface area contributed by atoms with Gasteiger partial charge in [0.05, 0.1) is 22.5 Å². The molecule has 2 aromatic rings. The number of nitrogens with one attached hydrogen (secondary N) is 1. The van der Waals surface area contributed by atoms with E-state index in [1.807, 2.05) is 0 Å². The standard InChI is InChI=1S/C13H14N4O3/c1-7-10(6-17(2)16-7)12(18)15-11-4-3-8(14)5-9(11)13(19)20/h3-6H,14H2,1-2H3,(H,15,18)(H,19,20). The lowest BCUT2D eigenvalue weighted by molar-refractivity contribution is 0.0698. The Morgan fingerprint density at radius 1 is 1.35 bits per heavy atom. The van der Waals surface area contributed by atoms with Crippen LogP contribution in [0.3, 0.4) is 0 Å². The number of carbonyl (C=O) groups is 2. The molecule has 7 heteroatoms. The molecule has 0 saturated carbocycles. The highest BCUT2D eigenvalue weighted by atomic mass is 16.4. The minimum Gasteiger partial charge on any atom is -0.478 e. The van der Waals surface area contributed by atoms with Gasteiger partial charge in [-0.3, -0.25) is 9.48 Å². The molecule has 2 rings (SSSR count). The van der Waals surface area contributed by atoms with Gasteiger partial charge in [-0.25, -0.2) is 4.79 Å². The lowest BCUT2D eigenvalue weighted by Gasteiger charge is -2.08. The molecule has 1 amide bonds. The summed E-state index contributed by atoms with van der Waals surface area (Å²) in [4.78, 5) is 23.3. The van der Waals surface area contributed by atoms with Gasteiger partial charge in [0.2, 0.25) is 0 Å². The molecule has 7 nitrogen and oxygen atoms in total. The number of benzene rings is 1. The van der Waals surface area contributed by atoms with E-state index in [9.17, 15) is 9.59 Å². The average Bonchev–Trinajstić information content (AvgIpc) is 2.70. The van der Waals surface area contributed by atoms with Gasteiger partial charge < -0.3 is 16.2 Å². The van der Waals surface area contributed by atoms with Crippen molar-refractivity contribution in [2.24, 2.45) is 7.05 Å². The number of amides is 1. The predicted octanol–water partition coefficient (Wildman–Crippen LogP) is 1.26. The van der Waals surface area contributed by atoms with Gasteiger partial charge in [-0.1, -0.05) is 0 Å². The summed E-state index contributed by atoms with van der Waals surface area (Å²) in [5.41, 5.74) is 6.96. The maximum atomic E-state index is 12.1. The summed E-state index contributed by atoms with van der Waals surface area (Å²) in [6.45, 7) is 1.70. The highest BCUT2D eigenvalue weighted by Crippen LogP contribution is 2.20. The number of nitrogen functional groups attached to an aromatic ring is 1. The molecule has 0 atom stereocenters. The Bertz CT molecular complexity index is 691. The number of hydrogen-bond donors (Lipinski definition) is 3. The lowest BCUT2D eigenvalue weighted by Crippen LogP contribution is -2.15. The number of rotatable bonds is 3. The van der Waals surface area contributed by atoms with E-state index in [-0.39, 0.29) is 11.3 Å². The molecule has 1 aromatic carbocycles. The number of aromatic nitrogens is 2. The minimum atomic E-state index is -1.16. The minimum absolute atomic E-state index is 0.0557. The first-order valence-electron chi connectivity index (χ1n) is 5.83. The fourth-order valence-corrected chi connectivity index (χ4v) is 1.86. The molecule has 0 saturated heterocycles. The van der Waals surface area contributed by atoms with Crippen LogP contribution >= 0.6 is 0 Å². The maximum Gasteiger partial charge on any atom is 0.337 e. The second-order valence-electron chi connectivity index (χ2n) is 4.37. The molecule has 0 aliphatic rings. The molecule has 4 N–H and O–H groups in total. The highest BCUT2D eigenvalue weighted by Gasteiger charge is 2.16. The van der Waals surface area contributed by atoms with Crippen LogP contribution in [-0.2, 0) is 7.05 Å². The van der Waals surface area contributed by atoms with E-state index < -0.39 is 11.9 Å². The van der Waals surface area contributed by atoms with Crippen LogP contribution in [0.15, 0.2) is 24.4 Å². The third-order valence-corrected chi connectivity index (χ3v) is 2.78. The number of hydrogen-bond acceptors (Lipinski definition) is 4. The van der Waals surface area contributed by atoms with Gasteiger partial charge in [0.15, 0.2) is 0 Å². The summed E-state index contributed by atoms with van der Waals surface area (Å²) >= 11 is 0. The summed E-state index contributed by atoms with van der Waals surface area (Å²) in [6.07, 6.45) is 1.57. The zero-order chi connectivity index (χ0) is 14.9. The second-order valence-corrected chi connectivity index (χ2v) is 4.37. The summed E-state index contributed by atoms with van der Waals surface area (Å²) in [7, 11) is 1.70. The molecule has 1 heterocycles. The van der Waals surface area contributed by atoms with Gasteiger partial charge in [-0.15, -0.1) is 0 Å². The largest absolute Gasteiger partial charge is 0.478 e. The molecular formula is C13H14N4O3. The first kappa shape index (κ1) is 13.6. The van der Waals surface area contributed by atoms with Crippen molar-refractivity contribution in [3.63, 3.8) is 0 Å². The fourth-order valence-electron chi connectivity index (χ4n) is 1.86. The van der Waals surface area contributed by atoms with Gasteiger partial charge in [-0.05, 0) is 25.1 Å². The van der Waals surface area contributed by atoms with E-state index in [0.717, 1.165) is 0 Å². The highest BCUT2D eigenvalue weighted by molar-refractivity contribution is 6.08. The van der Waals surface area contributed by atoms with E-state index in [0.29, 0.717) is 16.9 Å². The van der Waals surface area contributed by atoms with E-state index in [1.165, 1.54) is 22.9 Å². The third kappa shape index (κ3) is 2.61. The van der Waals surface area contributed by atoms with Crippen molar-refractivity contribution < 1.29 is 14.7 Å². The van der Waals surface area contributed by atoms with E-state index in [4.69, 9.17) is 10.8 Å². The number of carbonyl (C=O) groups excluding carboxylic acids is 1. The smallest absolute Gasteiger partial charge is 0.337 e. The van der Waals surface area contributed by atoms with Crippen molar-refractivity contribution in [1.82, 2.24) is 9.78 Å². The summed E-state index contributed by atoms with van der Waals surface area (Å²) in [5, 5.41) is 15.7. The Morgan fingerprint density at radius 2 is 2.05 bits per heavy atom. The first-order valence-corrected chi connectivity index (χ1v) is 5.83. The topological polar surface area (TPSA) is 110 Å². The first-order chi connectivity index (χ1) is 9.38. The molecule has 0 spiro atoms. The van der Waals surface area contributed by atoms with Gasteiger partial charge in [0, 0.05) is 18.9 Å². The van der Waals surface area contributed by atoms with Crippen molar-refractivity contribution in [2.45, 2.75) is 6.92 Å². The van der Waals surface area contributed by atoms with Crippen molar-refractivity contribution in [1.29, 1.82) is 0 Å². The normalized spacial score (nSPS) is 10.3. The molecule has 0 aliphatic heterocycles. The molecule has 0 radical (unpaired) electrons. The maximum absolute atomic E-state index is 12.1. The zero-order valence-corrected chi connectivity index (χ0v) is 11.0. The van der Waals surface area contributed by atoms with Crippen LogP contribution in [0.1, 0.15) is 26.4 Å². The van der Waals surface area contributed by atoms with Crippen LogP contribution in [0.2, 0.25) is 0 Å². The van der Waals surface area contributed by atoms with Crippen LogP contribution in [0.5, 0.6) is 0 Å². The Balaban J connectivity index is 2.33. The number of carboxylic acids is 1. The van der Waals surface area contributed by atoms with Crippen LogP contribution in [-0.4, -0.2) is 26.8 Å². The Hall–Kier alpha value is -2.83. The molecule has 20 heavy (non-hydrogen) atoms. The SMILES string of the molecule is Cc1nn(C)cc1C(=O)Nc1ccc(N)cc1C(=O)O. The van der Waals surface area contributed by atoms with Crippen LogP contribution < -0.4 is 11.1 Å². The third-order valence-electron chi connectivity index (χ3n) is 2.78. The molecule has 1 aromatic heterocycles. The van der Waals surface area contributed by atoms with Gasteiger partial charge in [-0.2, -0.15) is 5.10 Å². The average molecular weight is 274 g/mol. The van der Waals surface area contributed by atoms with Crippen molar-refractivity contribution in [3.05, 3.63) is 41.2 Å². The predicted molar refractivity (Wildman–Crippen MR) is 73.7 cm³/mol. The lowest BCUT2D eigenvalue weighted by atomic mass is 10.1. The van der Waals surface area contributed by atoms with Crippen molar-refractivity contribution in [3.8, 4) is 0 Å². The Morgan fingerprint density at radius 3 is 2.60 bits per heavy atom.